The van der Waals surface area contributed by atoms with Crippen LogP contribution in [-0.2, 0) is 16.1 Å². The van der Waals surface area contributed by atoms with Crippen molar-refractivity contribution in [2.45, 2.75) is 6.54 Å². The van der Waals surface area contributed by atoms with Crippen molar-refractivity contribution in [2.24, 2.45) is 0 Å². The molecule has 2 aliphatic heterocycles. The Bertz CT molecular complexity index is 921. The van der Waals surface area contributed by atoms with E-state index in [1.807, 2.05) is 59.5 Å². The van der Waals surface area contributed by atoms with Crippen molar-refractivity contribution in [2.75, 3.05) is 51.2 Å². The lowest BCUT2D eigenvalue weighted by atomic mass is 10.1. The Kier molecular flexibility index (Phi) is 5.81. The Balaban J connectivity index is 1.37. The van der Waals surface area contributed by atoms with Crippen molar-refractivity contribution < 1.29 is 14.4 Å². The summed E-state index contributed by atoms with van der Waals surface area (Å²) in [6.07, 6.45) is 0. The molecule has 0 aromatic heterocycles. The number of likely N-dealkylation sites (N-methyl/N-ethyl adjacent to an activating group) is 1. The number of hydrogen-bond acceptors (Lipinski definition) is 4. The van der Waals surface area contributed by atoms with Gasteiger partial charge in [-0.3, -0.25) is 14.4 Å². The first-order valence-corrected chi connectivity index (χ1v) is 10.3. The van der Waals surface area contributed by atoms with Crippen LogP contribution in [-0.4, -0.2) is 78.7 Å². The average molecular weight is 406 g/mol. The molecule has 7 heteroatoms. The fraction of sp³-hybridized carbons (Fsp3) is 0.348. The first kappa shape index (κ1) is 20.1. The van der Waals surface area contributed by atoms with Crippen LogP contribution in [0, 0.1) is 0 Å². The first-order chi connectivity index (χ1) is 14.5. The Labute approximate surface area is 176 Å². The molecule has 30 heavy (non-hydrogen) atoms. The second-order valence-corrected chi connectivity index (χ2v) is 7.81. The highest BCUT2D eigenvalue weighted by Gasteiger charge is 2.33. The third-order valence-electron chi connectivity index (χ3n) is 5.74. The predicted molar refractivity (Wildman–Crippen MR) is 114 cm³/mol. The lowest BCUT2D eigenvalue weighted by Gasteiger charge is -2.34. The fourth-order valence-electron chi connectivity index (χ4n) is 3.84. The highest BCUT2D eigenvalue weighted by Crippen LogP contribution is 2.19. The van der Waals surface area contributed by atoms with Gasteiger partial charge in [-0.15, -0.1) is 0 Å². The van der Waals surface area contributed by atoms with Crippen LogP contribution in [0.3, 0.4) is 0 Å². The van der Waals surface area contributed by atoms with E-state index in [1.54, 1.807) is 4.90 Å². The zero-order valence-corrected chi connectivity index (χ0v) is 17.2. The predicted octanol–water partition coefficient (Wildman–Crippen LogP) is 1.45. The Morgan fingerprint density at radius 3 is 2.13 bits per heavy atom. The topological polar surface area (TPSA) is 64.2 Å². The molecule has 0 aliphatic carbocycles. The van der Waals surface area contributed by atoms with E-state index in [-0.39, 0.29) is 5.91 Å². The van der Waals surface area contributed by atoms with Gasteiger partial charge in [0.15, 0.2) is 0 Å². The third-order valence-corrected chi connectivity index (χ3v) is 5.74. The third kappa shape index (κ3) is 4.21. The van der Waals surface area contributed by atoms with E-state index in [0.717, 1.165) is 37.4 Å². The van der Waals surface area contributed by atoms with Crippen molar-refractivity contribution in [1.29, 1.82) is 0 Å². The first-order valence-electron chi connectivity index (χ1n) is 10.3. The standard InChI is InChI=1S/C23H26N4O3/c1-24-11-13-25(14-12-24)21(28)19-9-7-18(8-10-19)17-26-15-16-27(23(30)22(26)29)20-5-3-2-4-6-20/h2-10H,11-17H2,1H3. The molecule has 7 nitrogen and oxygen atoms in total. The van der Waals surface area contributed by atoms with E-state index >= 15 is 0 Å². The van der Waals surface area contributed by atoms with Gasteiger partial charge >= 0.3 is 11.8 Å². The molecule has 2 fully saturated rings. The van der Waals surface area contributed by atoms with Gasteiger partial charge in [0.25, 0.3) is 5.91 Å². The minimum Gasteiger partial charge on any atom is -0.336 e. The molecule has 2 aliphatic rings. The number of piperazine rings is 2. The van der Waals surface area contributed by atoms with Crippen molar-refractivity contribution in [3.05, 3.63) is 65.7 Å². The molecule has 0 atom stereocenters. The second kappa shape index (κ2) is 8.67. The van der Waals surface area contributed by atoms with Gasteiger partial charge < -0.3 is 19.6 Å². The SMILES string of the molecule is CN1CCN(C(=O)c2ccc(CN3CCN(c4ccccc4)C(=O)C3=O)cc2)CC1. The summed E-state index contributed by atoms with van der Waals surface area (Å²) in [4.78, 5) is 45.0. The monoisotopic (exact) mass is 406 g/mol. The van der Waals surface area contributed by atoms with Crippen LogP contribution >= 0.6 is 0 Å². The lowest BCUT2D eigenvalue weighted by molar-refractivity contribution is -0.146. The number of carbonyl (C=O) groups excluding carboxylic acids is 3. The Hall–Kier alpha value is -3.19. The molecule has 0 radical (unpaired) electrons. The number of amides is 3. The van der Waals surface area contributed by atoms with E-state index in [0.29, 0.717) is 25.2 Å². The molecule has 0 bridgehead atoms. The van der Waals surface area contributed by atoms with Gasteiger partial charge in [-0.25, -0.2) is 0 Å². The maximum absolute atomic E-state index is 12.7. The van der Waals surface area contributed by atoms with Gasteiger partial charge in [0.1, 0.15) is 0 Å². The normalized spacial score (nSPS) is 18.1. The molecule has 0 N–H and O–H groups in total. The minimum absolute atomic E-state index is 0.0392. The van der Waals surface area contributed by atoms with Gasteiger partial charge in [0.05, 0.1) is 0 Å². The average Bonchev–Trinajstić information content (AvgIpc) is 2.78. The minimum atomic E-state index is -0.505. The van der Waals surface area contributed by atoms with Gasteiger partial charge in [-0.1, -0.05) is 30.3 Å². The summed E-state index contributed by atoms with van der Waals surface area (Å²) in [5.74, 6) is -0.964. The van der Waals surface area contributed by atoms with E-state index in [4.69, 9.17) is 0 Å². The van der Waals surface area contributed by atoms with E-state index in [1.165, 1.54) is 4.90 Å². The Morgan fingerprint density at radius 1 is 0.800 bits per heavy atom. The van der Waals surface area contributed by atoms with E-state index in [9.17, 15) is 14.4 Å². The van der Waals surface area contributed by atoms with Crippen molar-refractivity contribution in [3.63, 3.8) is 0 Å². The molecule has 0 saturated carbocycles. The molecular formula is C23H26N4O3. The summed E-state index contributed by atoms with van der Waals surface area (Å²) in [5, 5.41) is 0. The molecule has 0 spiro atoms. The molecule has 2 aromatic rings. The van der Waals surface area contributed by atoms with Crippen LogP contribution < -0.4 is 4.90 Å². The molecule has 2 aromatic carbocycles. The maximum Gasteiger partial charge on any atom is 0.316 e. The van der Waals surface area contributed by atoms with Crippen LogP contribution in [0.2, 0.25) is 0 Å². The molecule has 4 rings (SSSR count). The maximum atomic E-state index is 12.7. The van der Waals surface area contributed by atoms with Gasteiger partial charge in [0.2, 0.25) is 0 Å². The van der Waals surface area contributed by atoms with Crippen LogP contribution in [0.4, 0.5) is 5.69 Å². The lowest BCUT2D eigenvalue weighted by Crippen LogP contribution is -2.54. The summed E-state index contributed by atoms with van der Waals surface area (Å²) >= 11 is 0. The highest BCUT2D eigenvalue weighted by atomic mass is 16.2. The zero-order valence-electron chi connectivity index (χ0n) is 17.2. The number of nitrogens with zero attached hydrogens (tertiary/aromatic N) is 4. The summed E-state index contributed by atoms with van der Waals surface area (Å²) < 4.78 is 0. The number of para-hydroxylation sites is 1. The quantitative estimate of drug-likeness (QED) is 0.721. The van der Waals surface area contributed by atoms with Crippen LogP contribution in [0.25, 0.3) is 0 Å². The summed E-state index contributed by atoms with van der Waals surface area (Å²) in [7, 11) is 2.06. The highest BCUT2D eigenvalue weighted by molar-refractivity contribution is 6.40. The van der Waals surface area contributed by atoms with Crippen LogP contribution in [0.1, 0.15) is 15.9 Å². The number of benzene rings is 2. The van der Waals surface area contributed by atoms with Crippen molar-refractivity contribution in [1.82, 2.24) is 14.7 Å². The van der Waals surface area contributed by atoms with E-state index in [2.05, 4.69) is 11.9 Å². The summed E-state index contributed by atoms with van der Waals surface area (Å²) in [6, 6.07) is 16.6. The largest absolute Gasteiger partial charge is 0.336 e. The molecule has 0 unspecified atom stereocenters. The smallest absolute Gasteiger partial charge is 0.316 e. The molecule has 3 amide bonds. The number of anilines is 1. The zero-order chi connectivity index (χ0) is 21.1. The van der Waals surface area contributed by atoms with E-state index < -0.39 is 11.8 Å². The summed E-state index contributed by atoms with van der Waals surface area (Å²) in [5.41, 5.74) is 2.29. The van der Waals surface area contributed by atoms with Crippen molar-refractivity contribution in [3.8, 4) is 0 Å². The summed E-state index contributed by atoms with van der Waals surface area (Å²) in [6.45, 7) is 4.54. The van der Waals surface area contributed by atoms with Crippen molar-refractivity contribution >= 4 is 23.4 Å². The molecule has 2 saturated heterocycles. The second-order valence-electron chi connectivity index (χ2n) is 7.81. The molecule has 2 heterocycles. The Morgan fingerprint density at radius 2 is 1.47 bits per heavy atom. The molecule has 156 valence electrons. The molecular weight excluding hydrogens is 380 g/mol. The van der Waals surface area contributed by atoms with Crippen LogP contribution in [0.5, 0.6) is 0 Å². The van der Waals surface area contributed by atoms with Crippen LogP contribution in [0.15, 0.2) is 54.6 Å². The number of hydrogen-bond donors (Lipinski definition) is 0. The van der Waals surface area contributed by atoms with Gasteiger partial charge in [0, 0.05) is 57.1 Å². The van der Waals surface area contributed by atoms with Gasteiger partial charge in [-0.2, -0.15) is 0 Å². The number of carbonyl (C=O) groups is 3. The van der Waals surface area contributed by atoms with Gasteiger partial charge in [-0.05, 0) is 36.9 Å². The number of rotatable bonds is 4. The fourth-order valence-corrected chi connectivity index (χ4v) is 3.84.